The molecular formula is C20H17N3O3. The molecule has 6 nitrogen and oxygen atoms in total. The molecule has 0 aliphatic heterocycles. The molecule has 2 aromatic carbocycles. The lowest BCUT2D eigenvalue weighted by molar-refractivity contribution is 0.0600. The van der Waals surface area contributed by atoms with Crippen molar-refractivity contribution in [1.82, 2.24) is 4.98 Å². The average molecular weight is 347 g/mol. The van der Waals surface area contributed by atoms with Crippen LogP contribution in [0, 0.1) is 11.3 Å². The number of fused-ring (bicyclic) bond motifs is 1. The Kier molecular flexibility index (Phi) is 4.99. The summed E-state index contributed by atoms with van der Waals surface area (Å²) in [4.78, 5) is 15.8. The molecule has 0 amide bonds. The number of hydrogen-bond acceptors (Lipinski definition) is 6. The van der Waals surface area contributed by atoms with E-state index in [4.69, 9.17) is 9.47 Å². The minimum atomic E-state index is -0.372. The number of anilines is 1. The Morgan fingerprint density at radius 2 is 1.96 bits per heavy atom. The number of para-hydroxylation sites is 1. The van der Waals surface area contributed by atoms with Gasteiger partial charge < -0.3 is 14.8 Å². The molecule has 0 fully saturated rings. The van der Waals surface area contributed by atoms with Gasteiger partial charge in [0.1, 0.15) is 17.3 Å². The molecular weight excluding hydrogens is 330 g/mol. The van der Waals surface area contributed by atoms with Crippen molar-refractivity contribution in [3.05, 3.63) is 65.4 Å². The first-order valence-electron chi connectivity index (χ1n) is 7.95. The number of nitrogens with zero attached hydrogens (tertiary/aromatic N) is 2. The zero-order chi connectivity index (χ0) is 18.5. The Balaban J connectivity index is 1.91. The fourth-order valence-electron chi connectivity index (χ4n) is 2.70. The van der Waals surface area contributed by atoms with Gasteiger partial charge in [-0.2, -0.15) is 5.26 Å². The molecule has 3 aromatic rings. The van der Waals surface area contributed by atoms with Crippen molar-refractivity contribution in [2.24, 2.45) is 0 Å². The topological polar surface area (TPSA) is 84.2 Å². The third kappa shape index (κ3) is 3.28. The summed E-state index contributed by atoms with van der Waals surface area (Å²) < 4.78 is 10.0. The van der Waals surface area contributed by atoms with Gasteiger partial charge in [-0.25, -0.2) is 4.79 Å². The third-order valence-electron chi connectivity index (χ3n) is 4.05. The van der Waals surface area contributed by atoms with Gasteiger partial charge in [0.25, 0.3) is 0 Å². The van der Waals surface area contributed by atoms with Gasteiger partial charge in [-0.15, -0.1) is 0 Å². The lowest BCUT2D eigenvalue weighted by Gasteiger charge is -2.13. The van der Waals surface area contributed by atoms with Crippen LogP contribution in [0.5, 0.6) is 5.75 Å². The number of esters is 1. The van der Waals surface area contributed by atoms with Crippen LogP contribution >= 0.6 is 0 Å². The Morgan fingerprint density at radius 1 is 1.19 bits per heavy atom. The van der Waals surface area contributed by atoms with Gasteiger partial charge in [-0.1, -0.05) is 24.3 Å². The summed E-state index contributed by atoms with van der Waals surface area (Å²) in [6.45, 7) is 0.493. The molecule has 0 unspecified atom stereocenters. The summed E-state index contributed by atoms with van der Waals surface area (Å²) in [7, 11) is 2.94. The van der Waals surface area contributed by atoms with Gasteiger partial charge in [0.2, 0.25) is 0 Å². The van der Waals surface area contributed by atoms with Crippen LogP contribution in [-0.4, -0.2) is 25.2 Å². The zero-order valence-electron chi connectivity index (χ0n) is 14.4. The van der Waals surface area contributed by atoms with Crippen LogP contribution in [0.4, 0.5) is 5.69 Å². The number of nitrogens with one attached hydrogen (secondary N) is 1. The second-order valence-corrected chi connectivity index (χ2v) is 5.56. The van der Waals surface area contributed by atoms with Gasteiger partial charge >= 0.3 is 5.97 Å². The Bertz CT molecular complexity index is 992. The van der Waals surface area contributed by atoms with Crippen LogP contribution in [0.15, 0.2) is 48.7 Å². The molecule has 1 N–H and O–H groups in total. The van der Waals surface area contributed by atoms with Gasteiger partial charge in [0.05, 0.1) is 31.0 Å². The molecule has 0 saturated heterocycles. The number of hydrogen-bond donors (Lipinski definition) is 1. The van der Waals surface area contributed by atoms with E-state index in [1.807, 2.05) is 30.3 Å². The Hall–Kier alpha value is -3.59. The highest BCUT2D eigenvalue weighted by Gasteiger charge is 2.12. The number of rotatable bonds is 5. The molecule has 0 saturated carbocycles. The highest BCUT2D eigenvalue weighted by Crippen LogP contribution is 2.31. The van der Waals surface area contributed by atoms with Crippen molar-refractivity contribution in [1.29, 1.82) is 5.26 Å². The van der Waals surface area contributed by atoms with E-state index < -0.39 is 0 Å². The highest BCUT2D eigenvalue weighted by molar-refractivity contribution is 5.97. The molecule has 3 rings (SSSR count). The van der Waals surface area contributed by atoms with E-state index >= 15 is 0 Å². The monoisotopic (exact) mass is 347 g/mol. The van der Waals surface area contributed by atoms with E-state index in [-0.39, 0.29) is 5.97 Å². The maximum atomic E-state index is 11.5. The summed E-state index contributed by atoms with van der Waals surface area (Å²) in [5, 5.41) is 13.5. The first-order valence-corrected chi connectivity index (χ1v) is 7.95. The molecule has 0 aliphatic rings. The minimum Gasteiger partial charge on any atom is -0.494 e. The molecule has 26 heavy (non-hydrogen) atoms. The molecule has 0 radical (unpaired) electrons. The summed E-state index contributed by atoms with van der Waals surface area (Å²) >= 11 is 0. The van der Waals surface area contributed by atoms with Crippen LogP contribution in [-0.2, 0) is 11.3 Å². The predicted octanol–water partition coefficient (Wildman–Crippen LogP) is 3.51. The number of benzene rings is 2. The van der Waals surface area contributed by atoms with Crippen molar-refractivity contribution in [3.8, 4) is 11.8 Å². The Labute approximate surface area is 151 Å². The van der Waals surface area contributed by atoms with Gasteiger partial charge in [-0.3, -0.25) is 4.98 Å². The average Bonchev–Trinajstić information content (AvgIpc) is 2.71. The molecule has 0 spiro atoms. The first kappa shape index (κ1) is 17.2. The third-order valence-corrected chi connectivity index (χ3v) is 4.05. The molecule has 0 atom stereocenters. The van der Waals surface area contributed by atoms with Crippen molar-refractivity contribution >= 4 is 22.6 Å². The predicted molar refractivity (Wildman–Crippen MR) is 98.1 cm³/mol. The smallest absolute Gasteiger partial charge is 0.337 e. The number of methoxy groups -OCH3 is 2. The molecule has 130 valence electrons. The van der Waals surface area contributed by atoms with Gasteiger partial charge in [0, 0.05) is 18.1 Å². The van der Waals surface area contributed by atoms with Gasteiger partial charge in [0.15, 0.2) is 0 Å². The molecule has 0 bridgehead atoms. The van der Waals surface area contributed by atoms with Crippen LogP contribution in [0.3, 0.4) is 0 Å². The van der Waals surface area contributed by atoms with Gasteiger partial charge in [-0.05, 0) is 23.8 Å². The lowest BCUT2D eigenvalue weighted by atomic mass is 10.1. The van der Waals surface area contributed by atoms with Crippen molar-refractivity contribution in [2.45, 2.75) is 6.54 Å². The molecule has 0 aliphatic carbocycles. The zero-order valence-corrected chi connectivity index (χ0v) is 14.4. The number of ether oxygens (including phenoxy) is 2. The number of nitriles is 1. The minimum absolute atomic E-state index is 0.372. The lowest BCUT2D eigenvalue weighted by Crippen LogP contribution is -2.05. The number of pyridine rings is 1. The van der Waals surface area contributed by atoms with Crippen LogP contribution in [0.2, 0.25) is 0 Å². The maximum absolute atomic E-state index is 11.5. The quantitative estimate of drug-likeness (QED) is 0.711. The maximum Gasteiger partial charge on any atom is 0.337 e. The molecule has 1 aromatic heterocycles. The molecule has 1 heterocycles. The standard InChI is InChI=1S/C20H17N3O3/c1-25-17-5-3-4-16-18(15(10-21)12-23-19(16)17)22-11-13-6-8-14(9-7-13)20(24)26-2/h3-9,12H,11H2,1-2H3,(H,22,23). The highest BCUT2D eigenvalue weighted by atomic mass is 16.5. The largest absolute Gasteiger partial charge is 0.494 e. The second kappa shape index (κ2) is 7.53. The van der Waals surface area contributed by atoms with Crippen LogP contribution in [0.1, 0.15) is 21.5 Å². The van der Waals surface area contributed by atoms with Crippen LogP contribution < -0.4 is 10.1 Å². The summed E-state index contributed by atoms with van der Waals surface area (Å²) in [5.74, 6) is 0.279. The molecule has 6 heteroatoms. The first-order chi connectivity index (χ1) is 12.7. The summed E-state index contributed by atoms with van der Waals surface area (Å²) in [5.41, 5.74) is 3.31. The number of aromatic nitrogens is 1. The number of carbonyl (C=O) groups excluding carboxylic acids is 1. The van der Waals surface area contributed by atoms with Crippen molar-refractivity contribution in [2.75, 3.05) is 19.5 Å². The van der Waals surface area contributed by atoms with E-state index in [2.05, 4.69) is 16.4 Å². The Morgan fingerprint density at radius 3 is 2.62 bits per heavy atom. The van der Waals surface area contributed by atoms with E-state index in [1.54, 1.807) is 19.2 Å². The van der Waals surface area contributed by atoms with E-state index in [1.165, 1.54) is 13.3 Å². The van der Waals surface area contributed by atoms with Crippen molar-refractivity contribution < 1.29 is 14.3 Å². The van der Waals surface area contributed by atoms with Crippen molar-refractivity contribution in [3.63, 3.8) is 0 Å². The van der Waals surface area contributed by atoms with E-state index in [0.29, 0.717) is 34.6 Å². The summed E-state index contributed by atoms with van der Waals surface area (Å²) in [6.07, 6.45) is 1.54. The summed E-state index contributed by atoms with van der Waals surface area (Å²) in [6, 6.07) is 14.9. The SMILES string of the molecule is COC(=O)c1ccc(CNc2c(C#N)cnc3c(OC)cccc23)cc1. The number of carbonyl (C=O) groups is 1. The van der Waals surface area contributed by atoms with Crippen LogP contribution in [0.25, 0.3) is 10.9 Å². The second-order valence-electron chi connectivity index (χ2n) is 5.56. The van der Waals surface area contributed by atoms with E-state index in [0.717, 1.165) is 10.9 Å². The normalized spacial score (nSPS) is 10.2. The fourth-order valence-corrected chi connectivity index (χ4v) is 2.70. The van der Waals surface area contributed by atoms with E-state index in [9.17, 15) is 10.1 Å². The fraction of sp³-hybridized carbons (Fsp3) is 0.150.